The monoisotopic (exact) mass is 636 g/mol. The van der Waals surface area contributed by atoms with Gasteiger partial charge in [-0.2, -0.15) is 0 Å². The molecule has 234 valence electrons. The molecule has 1 heterocycles. The van der Waals surface area contributed by atoms with E-state index >= 15 is 0 Å². The Hall–Kier alpha value is -6.25. The van der Waals surface area contributed by atoms with Crippen LogP contribution in [-0.2, 0) is 12.0 Å². The van der Waals surface area contributed by atoms with E-state index in [-0.39, 0.29) is 5.41 Å². The van der Waals surface area contributed by atoms with Crippen molar-refractivity contribution in [3.63, 3.8) is 0 Å². The van der Waals surface area contributed by atoms with E-state index < -0.39 is 0 Å². The van der Waals surface area contributed by atoms with Crippen LogP contribution in [-0.4, -0.2) is 9.55 Å². The summed E-state index contributed by atoms with van der Waals surface area (Å²) in [5.41, 5.74) is 16.3. The molecule has 2 heteroatoms. The lowest BCUT2D eigenvalue weighted by Crippen LogP contribution is -2.25. The molecule has 8 aromatic carbocycles. The molecule has 2 aliphatic rings. The Bertz CT molecular complexity index is 2810. The summed E-state index contributed by atoms with van der Waals surface area (Å²) < 4.78 is 2.30. The minimum atomic E-state index is -0.377. The number of hydrogen-bond acceptors (Lipinski definition) is 1. The van der Waals surface area contributed by atoms with Gasteiger partial charge in [0.15, 0.2) is 0 Å². The Morgan fingerprint density at radius 3 is 1.94 bits per heavy atom. The predicted molar refractivity (Wildman–Crippen MR) is 208 cm³/mol. The minimum absolute atomic E-state index is 0.377. The Morgan fingerprint density at radius 1 is 0.480 bits per heavy atom. The van der Waals surface area contributed by atoms with Crippen molar-refractivity contribution in [2.75, 3.05) is 0 Å². The number of para-hydroxylation sites is 2. The third-order valence-electron chi connectivity index (χ3n) is 11.4. The predicted octanol–water partition coefficient (Wildman–Crippen LogP) is 12.0. The highest BCUT2D eigenvalue weighted by molar-refractivity contribution is 6.08. The number of aromatic nitrogens is 2. The average molecular weight is 637 g/mol. The van der Waals surface area contributed by atoms with Crippen LogP contribution in [0.1, 0.15) is 29.2 Å². The number of nitrogens with zero attached hydrogens (tertiary/aromatic N) is 2. The van der Waals surface area contributed by atoms with E-state index in [0.717, 1.165) is 23.4 Å². The zero-order chi connectivity index (χ0) is 33.0. The van der Waals surface area contributed by atoms with Crippen LogP contribution in [0, 0.1) is 0 Å². The second-order valence-electron chi connectivity index (χ2n) is 13.8. The zero-order valence-corrected chi connectivity index (χ0v) is 27.7. The highest BCUT2D eigenvalue weighted by atomic mass is 15.1. The van der Waals surface area contributed by atoms with Gasteiger partial charge in [-0.3, -0.25) is 0 Å². The van der Waals surface area contributed by atoms with Crippen molar-refractivity contribution < 1.29 is 0 Å². The summed E-state index contributed by atoms with van der Waals surface area (Å²) in [6.45, 7) is 3.06. The van der Waals surface area contributed by atoms with Crippen LogP contribution in [0.2, 0.25) is 0 Å². The smallest absolute Gasteiger partial charge is 0.141 e. The first-order chi connectivity index (χ1) is 24.7. The normalized spacial score (nSPS) is 13.5. The SMILES string of the molecule is CCn1c(-c2ccc(-c3ccc4cc5c(cc4c3)C3(c4ccccc4-c4ccccc43)c3ccc4ccccc4c3-5)cc2)nc2ccccc21. The van der Waals surface area contributed by atoms with Gasteiger partial charge in [-0.1, -0.05) is 133 Å². The van der Waals surface area contributed by atoms with Crippen LogP contribution < -0.4 is 0 Å². The number of benzene rings is 8. The molecule has 1 aromatic heterocycles. The van der Waals surface area contributed by atoms with Gasteiger partial charge in [-0.15, -0.1) is 0 Å². The molecule has 0 unspecified atom stereocenters. The van der Waals surface area contributed by atoms with Crippen molar-refractivity contribution in [3.05, 3.63) is 186 Å². The lowest BCUT2D eigenvalue weighted by molar-refractivity contribution is 0.795. The van der Waals surface area contributed by atoms with E-state index in [1.54, 1.807) is 0 Å². The molecule has 50 heavy (non-hydrogen) atoms. The van der Waals surface area contributed by atoms with Crippen molar-refractivity contribution in [2.24, 2.45) is 0 Å². The summed E-state index contributed by atoms with van der Waals surface area (Å²) in [6, 6.07) is 61.0. The molecule has 2 aliphatic carbocycles. The first-order valence-electron chi connectivity index (χ1n) is 17.6. The molecule has 0 bridgehead atoms. The number of hydrogen-bond donors (Lipinski definition) is 0. The van der Waals surface area contributed by atoms with Gasteiger partial charge in [-0.05, 0) is 114 Å². The Kier molecular flexibility index (Phi) is 5.61. The van der Waals surface area contributed by atoms with Gasteiger partial charge in [0, 0.05) is 12.1 Å². The van der Waals surface area contributed by atoms with Crippen molar-refractivity contribution in [2.45, 2.75) is 18.9 Å². The van der Waals surface area contributed by atoms with E-state index in [0.29, 0.717) is 0 Å². The highest BCUT2D eigenvalue weighted by Gasteiger charge is 2.52. The molecule has 0 saturated carbocycles. The highest BCUT2D eigenvalue weighted by Crippen LogP contribution is 2.64. The van der Waals surface area contributed by atoms with Crippen LogP contribution in [0.25, 0.3) is 77.3 Å². The molecule has 9 aromatic rings. The standard InChI is InChI=1S/C48H32N2/c1-2-50-45-18-10-9-17-44(45)49-47(50)32-21-19-30(20-22-32)33-23-24-34-28-39-43(29-35(34)27-33)48(42-26-25-31-11-3-4-12-36(31)46(39)42)40-15-7-5-13-37(40)38-14-6-8-16-41(38)48/h3-29H,2H2,1H3. The lowest BCUT2D eigenvalue weighted by atomic mass is 9.70. The first-order valence-corrected chi connectivity index (χ1v) is 17.6. The molecule has 1 spiro atoms. The molecular formula is C48H32N2. The van der Waals surface area contributed by atoms with Crippen LogP contribution in [0.4, 0.5) is 0 Å². The Balaban J connectivity index is 1.12. The van der Waals surface area contributed by atoms with Gasteiger partial charge >= 0.3 is 0 Å². The zero-order valence-electron chi connectivity index (χ0n) is 27.7. The fraction of sp³-hybridized carbons (Fsp3) is 0.0625. The summed E-state index contributed by atoms with van der Waals surface area (Å²) >= 11 is 0. The molecule has 0 atom stereocenters. The second-order valence-corrected chi connectivity index (χ2v) is 13.8. The topological polar surface area (TPSA) is 17.8 Å². The summed E-state index contributed by atoms with van der Waals surface area (Å²) in [5, 5.41) is 5.12. The third kappa shape index (κ3) is 3.55. The largest absolute Gasteiger partial charge is 0.324 e. The summed E-state index contributed by atoms with van der Waals surface area (Å²) in [5.74, 6) is 1.02. The number of imidazole rings is 1. The Morgan fingerprint density at radius 2 is 1.14 bits per heavy atom. The summed E-state index contributed by atoms with van der Waals surface area (Å²) in [4.78, 5) is 5.00. The molecule has 0 N–H and O–H groups in total. The quantitative estimate of drug-likeness (QED) is 0.189. The molecule has 0 fully saturated rings. The molecule has 0 saturated heterocycles. The molecule has 0 amide bonds. The van der Waals surface area contributed by atoms with Gasteiger partial charge < -0.3 is 4.57 Å². The van der Waals surface area contributed by atoms with Crippen molar-refractivity contribution in [1.29, 1.82) is 0 Å². The fourth-order valence-electron chi connectivity index (χ4n) is 9.26. The Labute approximate surface area is 290 Å². The molecular weight excluding hydrogens is 605 g/mol. The van der Waals surface area contributed by atoms with Crippen LogP contribution in [0.5, 0.6) is 0 Å². The number of aryl methyl sites for hydroxylation is 1. The maximum atomic E-state index is 5.00. The van der Waals surface area contributed by atoms with E-state index in [2.05, 4.69) is 175 Å². The number of fused-ring (bicyclic) bond motifs is 14. The number of rotatable bonds is 3. The molecule has 11 rings (SSSR count). The summed E-state index contributed by atoms with van der Waals surface area (Å²) in [7, 11) is 0. The molecule has 0 radical (unpaired) electrons. The lowest BCUT2D eigenvalue weighted by Gasteiger charge is -2.30. The van der Waals surface area contributed by atoms with E-state index in [1.165, 1.54) is 82.7 Å². The van der Waals surface area contributed by atoms with Crippen LogP contribution >= 0.6 is 0 Å². The van der Waals surface area contributed by atoms with E-state index in [1.807, 2.05) is 0 Å². The maximum Gasteiger partial charge on any atom is 0.141 e. The minimum Gasteiger partial charge on any atom is -0.324 e. The van der Waals surface area contributed by atoms with E-state index in [4.69, 9.17) is 4.98 Å². The van der Waals surface area contributed by atoms with Gasteiger partial charge in [0.25, 0.3) is 0 Å². The van der Waals surface area contributed by atoms with Gasteiger partial charge in [0.2, 0.25) is 0 Å². The van der Waals surface area contributed by atoms with E-state index in [9.17, 15) is 0 Å². The van der Waals surface area contributed by atoms with Crippen molar-refractivity contribution in [1.82, 2.24) is 9.55 Å². The fourth-order valence-corrected chi connectivity index (χ4v) is 9.26. The van der Waals surface area contributed by atoms with Crippen LogP contribution in [0.3, 0.4) is 0 Å². The van der Waals surface area contributed by atoms with Gasteiger partial charge in [0.05, 0.1) is 16.4 Å². The molecule has 2 nitrogen and oxygen atoms in total. The third-order valence-corrected chi connectivity index (χ3v) is 11.4. The van der Waals surface area contributed by atoms with Gasteiger partial charge in [0.1, 0.15) is 5.82 Å². The molecule has 0 aliphatic heterocycles. The maximum absolute atomic E-state index is 5.00. The van der Waals surface area contributed by atoms with Crippen molar-refractivity contribution >= 4 is 32.6 Å². The van der Waals surface area contributed by atoms with Gasteiger partial charge in [-0.25, -0.2) is 4.98 Å². The van der Waals surface area contributed by atoms with Crippen LogP contribution in [0.15, 0.2) is 164 Å². The second kappa shape index (κ2) is 10.1. The summed E-state index contributed by atoms with van der Waals surface area (Å²) in [6.07, 6.45) is 0. The average Bonchev–Trinajstić information content (AvgIpc) is 3.81. The first kappa shape index (κ1) is 27.7. The van der Waals surface area contributed by atoms with Crippen molar-refractivity contribution in [3.8, 4) is 44.8 Å².